The summed E-state index contributed by atoms with van der Waals surface area (Å²) in [4.78, 5) is 0. The molecule has 0 aromatic heterocycles. The van der Waals surface area contributed by atoms with Crippen LogP contribution in [0.25, 0.3) is 0 Å². The van der Waals surface area contributed by atoms with Gasteiger partial charge < -0.3 is 10.2 Å². The molecule has 0 amide bonds. The highest BCUT2D eigenvalue weighted by molar-refractivity contribution is 6.41. The van der Waals surface area contributed by atoms with E-state index in [1.165, 1.54) is 0 Å². The fraction of sp³-hybridized carbons (Fsp3) is 0.143. The summed E-state index contributed by atoms with van der Waals surface area (Å²) in [6.45, 7) is 0. The van der Waals surface area contributed by atoms with E-state index in [9.17, 15) is 10.2 Å². The van der Waals surface area contributed by atoms with Gasteiger partial charge in [-0.15, -0.1) is 12.8 Å². The molecule has 0 unspecified atom stereocenters. The zero-order valence-corrected chi connectivity index (χ0v) is 10.6. The number of rotatable bonds is 0. The van der Waals surface area contributed by atoms with Crippen LogP contribution in [0.1, 0.15) is 11.1 Å². The Morgan fingerprint density at radius 2 is 1.22 bits per heavy atom. The molecular formula is C14H8Cl2O2. The maximum atomic E-state index is 10.4. The first kappa shape index (κ1) is 13.0. The summed E-state index contributed by atoms with van der Waals surface area (Å²) in [7, 11) is 0. The second-order valence-electron chi connectivity index (χ2n) is 3.88. The minimum absolute atomic E-state index is 0.252. The summed E-state index contributed by atoms with van der Waals surface area (Å²) in [6.07, 6.45) is 10.6. The van der Waals surface area contributed by atoms with Gasteiger partial charge in [0.15, 0.2) is 11.2 Å². The second kappa shape index (κ2) is 4.05. The first-order chi connectivity index (χ1) is 8.41. The first-order valence-corrected chi connectivity index (χ1v) is 5.74. The first-order valence-electron chi connectivity index (χ1n) is 4.98. The molecule has 4 heteroatoms. The molecule has 0 bridgehead atoms. The predicted octanol–water partition coefficient (Wildman–Crippen LogP) is 2.03. The van der Waals surface area contributed by atoms with Gasteiger partial charge in [-0.25, -0.2) is 0 Å². The van der Waals surface area contributed by atoms with Crippen molar-refractivity contribution in [3.63, 3.8) is 0 Å². The summed E-state index contributed by atoms with van der Waals surface area (Å²) < 4.78 is 0. The van der Waals surface area contributed by atoms with Gasteiger partial charge >= 0.3 is 0 Å². The van der Waals surface area contributed by atoms with Crippen molar-refractivity contribution in [1.29, 1.82) is 0 Å². The molecule has 90 valence electrons. The summed E-state index contributed by atoms with van der Waals surface area (Å²) in [6, 6.07) is 6.40. The number of hydrogen-bond acceptors (Lipinski definition) is 2. The van der Waals surface area contributed by atoms with E-state index in [4.69, 9.17) is 36.0 Å². The van der Waals surface area contributed by atoms with Crippen molar-refractivity contribution in [2.45, 2.75) is 11.2 Å². The van der Waals surface area contributed by atoms with Crippen molar-refractivity contribution in [3.8, 4) is 24.7 Å². The Morgan fingerprint density at radius 1 is 0.889 bits per heavy atom. The molecule has 1 aliphatic carbocycles. The van der Waals surface area contributed by atoms with E-state index < -0.39 is 11.2 Å². The number of fused-ring (bicyclic) bond motifs is 1. The van der Waals surface area contributed by atoms with Gasteiger partial charge in [-0.3, -0.25) is 0 Å². The molecule has 0 aliphatic heterocycles. The van der Waals surface area contributed by atoms with Crippen molar-refractivity contribution in [1.82, 2.24) is 0 Å². The summed E-state index contributed by atoms with van der Waals surface area (Å²) in [5.74, 6) is 4.36. The van der Waals surface area contributed by atoms with Crippen molar-refractivity contribution in [3.05, 3.63) is 45.5 Å². The molecule has 0 spiro atoms. The monoisotopic (exact) mass is 278 g/mol. The van der Waals surface area contributed by atoms with Crippen LogP contribution in [0.2, 0.25) is 0 Å². The zero-order valence-electron chi connectivity index (χ0n) is 9.11. The van der Waals surface area contributed by atoms with Crippen molar-refractivity contribution in [2.24, 2.45) is 0 Å². The molecule has 1 aromatic carbocycles. The lowest BCUT2D eigenvalue weighted by molar-refractivity contribution is 0.103. The van der Waals surface area contributed by atoms with E-state index in [0.717, 1.165) is 0 Å². The Morgan fingerprint density at radius 3 is 1.50 bits per heavy atom. The lowest BCUT2D eigenvalue weighted by Gasteiger charge is -2.37. The minimum atomic E-state index is -1.88. The number of hydrogen-bond donors (Lipinski definition) is 2. The van der Waals surface area contributed by atoms with Gasteiger partial charge in [0.1, 0.15) is 0 Å². The smallest absolute Gasteiger partial charge is 0.189 e. The summed E-state index contributed by atoms with van der Waals surface area (Å²) >= 11 is 11.9. The Bertz CT molecular complexity index is 581. The van der Waals surface area contributed by atoms with Gasteiger partial charge in [0.05, 0.1) is 10.1 Å². The van der Waals surface area contributed by atoms with Crippen LogP contribution in [0.4, 0.5) is 0 Å². The summed E-state index contributed by atoms with van der Waals surface area (Å²) in [5, 5.41) is 20.3. The molecule has 2 nitrogen and oxygen atoms in total. The standard InChI is InChI=1S/C14H8Cl2O2/c1-3-13(17)9-7-5-6-8-10(9)14(18,4-2)12(16)11(13)15/h1-2,5-8,17-18H/t13-,14-/m1/s1. The predicted molar refractivity (Wildman–Crippen MR) is 70.6 cm³/mol. The van der Waals surface area contributed by atoms with E-state index in [2.05, 4.69) is 11.8 Å². The lowest BCUT2D eigenvalue weighted by Crippen LogP contribution is -2.39. The Hall–Kier alpha value is -1.42. The topological polar surface area (TPSA) is 40.5 Å². The minimum Gasteiger partial charge on any atom is -0.369 e. The molecule has 1 aromatic rings. The summed E-state index contributed by atoms with van der Waals surface area (Å²) in [5.41, 5.74) is -3.25. The van der Waals surface area contributed by atoms with Gasteiger partial charge in [0.25, 0.3) is 0 Å². The molecule has 0 fully saturated rings. The maximum absolute atomic E-state index is 10.4. The Kier molecular flexibility index (Phi) is 2.93. The van der Waals surface area contributed by atoms with E-state index in [0.29, 0.717) is 0 Å². The van der Waals surface area contributed by atoms with Gasteiger partial charge in [-0.05, 0) is 0 Å². The molecular weight excluding hydrogens is 271 g/mol. The number of benzene rings is 1. The molecule has 0 heterocycles. The molecule has 2 rings (SSSR count). The third kappa shape index (κ3) is 1.42. The second-order valence-corrected chi connectivity index (χ2v) is 4.64. The number of terminal acetylenes is 2. The van der Waals surface area contributed by atoms with E-state index in [1.54, 1.807) is 24.3 Å². The fourth-order valence-corrected chi connectivity index (χ4v) is 2.54. The van der Waals surface area contributed by atoms with Gasteiger partial charge in [-0.2, -0.15) is 0 Å². The highest BCUT2D eigenvalue weighted by atomic mass is 35.5. The van der Waals surface area contributed by atoms with Gasteiger partial charge in [0.2, 0.25) is 0 Å². The molecule has 0 saturated heterocycles. The van der Waals surface area contributed by atoms with Crippen LogP contribution in [0.3, 0.4) is 0 Å². The lowest BCUT2D eigenvalue weighted by atomic mass is 9.76. The zero-order chi connectivity index (χ0) is 13.6. The number of aliphatic hydroxyl groups is 2. The molecule has 0 saturated carbocycles. The van der Waals surface area contributed by atoms with Crippen molar-refractivity contribution < 1.29 is 10.2 Å². The van der Waals surface area contributed by atoms with Crippen LogP contribution in [-0.2, 0) is 11.2 Å². The Balaban J connectivity index is 2.92. The SMILES string of the molecule is C#C[C@]1(O)C(Cl)=C(Cl)[C@@](O)(C#C)c2ccccc21. The van der Waals surface area contributed by atoms with E-state index in [-0.39, 0.29) is 21.2 Å². The van der Waals surface area contributed by atoms with E-state index in [1.807, 2.05) is 0 Å². The maximum Gasteiger partial charge on any atom is 0.189 e. The third-order valence-corrected chi connectivity index (χ3v) is 3.97. The Labute approximate surface area is 115 Å². The molecule has 18 heavy (non-hydrogen) atoms. The van der Waals surface area contributed by atoms with Crippen molar-refractivity contribution in [2.75, 3.05) is 0 Å². The molecule has 2 N–H and O–H groups in total. The normalized spacial score (nSPS) is 30.3. The van der Waals surface area contributed by atoms with E-state index >= 15 is 0 Å². The average molecular weight is 279 g/mol. The molecule has 2 atom stereocenters. The quantitative estimate of drug-likeness (QED) is 0.713. The fourth-order valence-electron chi connectivity index (χ4n) is 1.95. The highest BCUT2D eigenvalue weighted by Gasteiger charge is 2.48. The van der Waals surface area contributed by atoms with Crippen LogP contribution in [0.15, 0.2) is 34.3 Å². The molecule has 0 radical (unpaired) electrons. The van der Waals surface area contributed by atoms with Crippen molar-refractivity contribution >= 4 is 23.2 Å². The van der Waals surface area contributed by atoms with Gasteiger partial charge in [-0.1, -0.05) is 59.3 Å². The largest absolute Gasteiger partial charge is 0.369 e. The van der Waals surface area contributed by atoms with Crippen LogP contribution in [0.5, 0.6) is 0 Å². The van der Waals surface area contributed by atoms with Crippen LogP contribution >= 0.6 is 23.2 Å². The van der Waals surface area contributed by atoms with Gasteiger partial charge in [0, 0.05) is 11.1 Å². The molecule has 1 aliphatic rings. The van der Waals surface area contributed by atoms with Crippen LogP contribution < -0.4 is 0 Å². The highest BCUT2D eigenvalue weighted by Crippen LogP contribution is 2.49. The number of halogens is 2. The van der Waals surface area contributed by atoms with Crippen LogP contribution in [0, 0.1) is 24.7 Å². The third-order valence-electron chi connectivity index (χ3n) is 2.95. The average Bonchev–Trinajstić information content (AvgIpc) is 2.42. The van der Waals surface area contributed by atoms with Crippen LogP contribution in [-0.4, -0.2) is 10.2 Å².